The molecule has 1 aliphatic carbocycles. The molecule has 0 bridgehead atoms. The second-order valence-electron chi connectivity index (χ2n) is 6.16. The third kappa shape index (κ3) is 3.64. The molecule has 2 aromatic carbocycles. The van der Waals surface area contributed by atoms with Crippen molar-refractivity contribution in [2.24, 2.45) is 0 Å². The molecule has 0 spiro atoms. The largest absolute Gasteiger partial charge is 0.0847 e. The first-order valence-corrected chi connectivity index (χ1v) is 8.12. The highest BCUT2D eigenvalue weighted by Gasteiger charge is 2.18. The van der Waals surface area contributed by atoms with Gasteiger partial charge in [-0.1, -0.05) is 71.8 Å². The smallest absolute Gasteiger partial charge is 0.00513 e. The van der Waals surface area contributed by atoms with Crippen LogP contribution in [0.3, 0.4) is 0 Å². The summed E-state index contributed by atoms with van der Waals surface area (Å²) in [5.41, 5.74) is 5.95. The lowest BCUT2D eigenvalue weighted by Crippen LogP contribution is -2.03. The fraction of sp³-hybridized carbons (Fsp3) is 0.333. The molecule has 1 aliphatic rings. The van der Waals surface area contributed by atoms with Crippen LogP contribution in [0.15, 0.2) is 66.2 Å². The van der Waals surface area contributed by atoms with Crippen molar-refractivity contribution in [3.8, 4) is 0 Å². The normalized spacial score (nSPS) is 15.8. The molecule has 0 heterocycles. The van der Waals surface area contributed by atoms with E-state index < -0.39 is 0 Å². The van der Waals surface area contributed by atoms with Gasteiger partial charge in [0.1, 0.15) is 0 Å². The first kappa shape index (κ1) is 14.1. The predicted molar refractivity (Wildman–Crippen MR) is 90.6 cm³/mol. The van der Waals surface area contributed by atoms with E-state index in [1.807, 2.05) is 0 Å². The minimum absolute atomic E-state index is 0.605. The first-order chi connectivity index (χ1) is 10.3. The van der Waals surface area contributed by atoms with Crippen LogP contribution in [0.1, 0.15) is 48.3 Å². The minimum Gasteiger partial charge on any atom is -0.0847 e. The predicted octanol–water partition coefficient (Wildman–Crippen LogP) is 5.82. The minimum atomic E-state index is 0.605. The van der Waals surface area contributed by atoms with E-state index >= 15 is 0 Å². The van der Waals surface area contributed by atoms with Gasteiger partial charge < -0.3 is 0 Å². The zero-order valence-corrected chi connectivity index (χ0v) is 12.9. The van der Waals surface area contributed by atoms with Gasteiger partial charge in [0.05, 0.1) is 0 Å². The van der Waals surface area contributed by atoms with Gasteiger partial charge in [0, 0.05) is 5.92 Å². The van der Waals surface area contributed by atoms with Crippen LogP contribution in [0.2, 0.25) is 0 Å². The van der Waals surface area contributed by atoms with Crippen molar-refractivity contribution in [3.05, 3.63) is 82.9 Å². The monoisotopic (exact) mass is 276 g/mol. The lowest BCUT2D eigenvalue weighted by atomic mass is 9.85. The zero-order valence-electron chi connectivity index (χ0n) is 12.9. The molecule has 0 nitrogen and oxygen atoms in total. The standard InChI is InChI=1S/C21H24/c1-17-11-14-20(15-12-17)21(19-9-5-6-10-19)16-13-18-7-3-2-4-8-18/h2-4,7-9,11-12,14-15,21H,5-6,10,13,16H2,1H3. The van der Waals surface area contributed by atoms with Gasteiger partial charge >= 0.3 is 0 Å². The van der Waals surface area contributed by atoms with Crippen molar-refractivity contribution in [3.63, 3.8) is 0 Å². The highest BCUT2D eigenvalue weighted by atomic mass is 14.2. The maximum atomic E-state index is 2.48. The molecule has 0 N–H and O–H groups in total. The molecular formula is C21H24. The molecule has 0 fully saturated rings. The Balaban J connectivity index is 1.78. The summed E-state index contributed by atoms with van der Waals surface area (Å²) in [5.74, 6) is 0.605. The molecule has 1 atom stereocenters. The van der Waals surface area contributed by atoms with Gasteiger partial charge in [0.15, 0.2) is 0 Å². The lowest BCUT2D eigenvalue weighted by molar-refractivity contribution is 0.680. The third-order valence-electron chi connectivity index (χ3n) is 4.57. The molecule has 108 valence electrons. The highest BCUT2D eigenvalue weighted by molar-refractivity contribution is 5.33. The Morgan fingerprint density at radius 2 is 1.71 bits per heavy atom. The van der Waals surface area contributed by atoms with Crippen LogP contribution in [0.25, 0.3) is 0 Å². The molecule has 0 aliphatic heterocycles. The molecule has 0 heteroatoms. The Labute approximate surface area is 128 Å². The molecule has 0 aromatic heterocycles. The van der Waals surface area contributed by atoms with Gasteiger partial charge in [-0.25, -0.2) is 0 Å². The van der Waals surface area contributed by atoms with Crippen molar-refractivity contribution in [1.29, 1.82) is 0 Å². The fourth-order valence-corrected chi connectivity index (χ4v) is 3.33. The fourth-order valence-electron chi connectivity index (χ4n) is 3.33. The summed E-state index contributed by atoms with van der Waals surface area (Å²) in [6, 6.07) is 20.0. The Morgan fingerprint density at radius 1 is 0.952 bits per heavy atom. The van der Waals surface area contributed by atoms with E-state index in [9.17, 15) is 0 Å². The van der Waals surface area contributed by atoms with Crippen LogP contribution in [0.4, 0.5) is 0 Å². The quantitative estimate of drug-likeness (QED) is 0.603. The third-order valence-corrected chi connectivity index (χ3v) is 4.57. The summed E-state index contributed by atoms with van der Waals surface area (Å²) in [7, 11) is 0. The van der Waals surface area contributed by atoms with E-state index in [0.717, 1.165) is 6.42 Å². The molecule has 0 saturated heterocycles. The zero-order chi connectivity index (χ0) is 14.5. The second kappa shape index (κ2) is 6.76. The number of aryl methyl sites for hydroxylation is 2. The summed E-state index contributed by atoms with van der Waals surface area (Å²) in [6.45, 7) is 2.16. The van der Waals surface area contributed by atoms with Gasteiger partial charge in [0.25, 0.3) is 0 Å². The summed E-state index contributed by atoms with van der Waals surface area (Å²) < 4.78 is 0. The average molecular weight is 276 g/mol. The summed E-state index contributed by atoms with van der Waals surface area (Å²) in [4.78, 5) is 0. The number of hydrogen-bond donors (Lipinski definition) is 0. The SMILES string of the molecule is Cc1ccc(C(CCc2ccccc2)C2=CCCC2)cc1. The van der Waals surface area contributed by atoms with Crippen LogP contribution in [0, 0.1) is 6.92 Å². The van der Waals surface area contributed by atoms with Gasteiger partial charge in [-0.05, 0) is 50.2 Å². The van der Waals surface area contributed by atoms with E-state index in [0.29, 0.717) is 5.92 Å². The second-order valence-corrected chi connectivity index (χ2v) is 6.16. The van der Waals surface area contributed by atoms with E-state index in [1.54, 1.807) is 5.57 Å². The Morgan fingerprint density at radius 3 is 2.38 bits per heavy atom. The van der Waals surface area contributed by atoms with Gasteiger partial charge in [-0.2, -0.15) is 0 Å². The van der Waals surface area contributed by atoms with Crippen molar-refractivity contribution < 1.29 is 0 Å². The molecule has 0 radical (unpaired) electrons. The molecule has 1 unspecified atom stereocenters. The molecule has 3 rings (SSSR count). The van der Waals surface area contributed by atoms with Gasteiger partial charge in [-0.3, -0.25) is 0 Å². The summed E-state index contributed by atoms with van der Waals surface area (Å²) >= 11 is 0. The molecule has 0 saturated carbocycles. The van der Waals surface area contributed by atoms with E-state index in [4.69, 9.17) is 0 Å². The van der Waals surface area contributed by atoms with Crippen LogP contribution in [-0.4, -0.2) is 0 Å². The number of allylic oxidation sites excluding steroid dienone is 2. The van der Waals surface area contributed by atoms with Crippen molar-refractivity contribution in [2.45, 2.75) is 44.9 Å². The Hall–Kier alpha value is -1.82. The molecule has 2 aromatic rings. The maximum absolute atomic E-state index is 2.48. The van der Waals surface area contributed by atoms with E-state index in [-0.39, 0.29) is 0 Å². The van der Waals surface area contributed by atoms with Gasteiger partial charge in [-0.15, -0.1) is 0 Å². The van der Waals surface area contributed by atoms with Crippen molar-refractivity contribution in [1.82, 2.24) is 0 Å². The highest BCUT2D eigenvalue weighted by Crippen LogP contribution is 2.36. The van der Waals surface area contributed by atoms with E-state index in [2.05, 4.69) is 67.6 Å². The van der Waals surface area contributed by atoms with E-state index in [1.165, 1.54) is 42.4 Å². The number of rotatable bonds is 5. The Kier molecular flexibility index (Phi) is 4.55. The summed E-state index contributed by atoms with van der Waals surface area (Å²) in [6.07, 6.45) is 8.75. The maximum Gasteiger partial charge on any atom is 0.00513 e. The van der Waals surface area contributed by atoms with Crippen molar-refractivity contribution >= 4 is 0 Å². The lowest BCUT2D eigenvalue weighted by Gasteiger charge is -2.19. The molecule has 21 heavy (non-hydrogen) atoms. The van der Waals surface area contributed by atoms with Crippen LogP contribution in [0.5, 0.6) is 0 Å². The van der Waals surface area contributed by atoms with Crippen molar-refractivity contribution in [2.75, 3.05) is 0 Å². The number of hydrogen-bond acceptors (Lipinski definition) is 0. The van der Waals surface area contributed by atoms with Crippen LogP contribution >= 0.6 is 0 Å². The average Bonchev–Trinajstić information content (AvgIpc) is 3.04. The van der Waals surface area contributed by atoms with Gasteiger partial charge in [0.2, 0.25) is 0 Å². The molecule has 0 amide bonds. The van der Waals surface area contributed by atoms with Crippen LogP contribution in [-0.2, 0) is 6.42 Å². The summed E-state index contributed by atoms with van der Waals surface area (Å²) in [5, 5.41) is 0. The number of benzene rings is 2. The Bertz CT molecular complexity index is 590. The topological polar surface area (TPSA) is 0 Å². The first-order valence-electron chi connectivity index (χ1n) is 8.12. The molecular weight excluding hydrogens is 252 g/mol. The van der Waals surface area contributed by atoms with Crippen LogP contribution < -0.4 is 0 Å².